The minimum Gasteiger partial charge on any atom is -0.497 e. The predicted octanol–water partition coefficient (Wildman–Crippen LogP) is 3.20. The van der Waals surface area contributed by atoms with Crippen molar-refractivity contribution in [2.24, 2.45) is 0 Å². The highest BCUT2D eigenvalue weighted by molar-refractivity contribution is 6.31. The van der Waals surface area contributed by atoms with Gasteiger partial charge in [0.1, 0.15) is 5.75 Å². The van der Waals surface area contributed by atoms with Crippen LogP contribution in [0.3, 0.4) is 0 Å². The summed E-state index contributed by atoms with van der Waals surface area (Å²) in [5.41, 5.74) is 3.92. The molecule has 0 unspecified atom stereocenters. The van der Waals surface area contributed by atoms with Gasteiger partial charge in [0.2, 0.25) is 0 Å². The molecule has 3 heterocycles. The number of amides is 1. The molecule has 132 valence electrons. The monoisotopic (exact) mass is 367 g/mol. The zero-order valence-corrected chi connectivity index (χ0v) is 15.3. The summed E-state index contributed by atoms with van der Waals surface area (Å²) < 4.78 is 5.35. The number of hydrogen-bond acceptors (Lipinski definition) is 3. The second kappa shape index (κ2) is 5.25. The normalized spacial score (nSPS) is 21.3. The molecule has 0 radical (unpaired) electrons. The average molecular weight is 368 g/mol. The maximum Gasteiger partial charge on any atom is 0.257 e. The van der Waals surface area contributed by atoms with E-state index < -0.39 is 5.54 Å². The summed E-state index contributed by atoms with van der Waals surface area (Å²) in [7, 11) is 3.46. The number of aromatic nitrogens is 1. The fraction of sp³-hybridized carbons (Fsp3) is 0.250. The van der Waals surface area contributed by atoms with Crippen LogP contribution < -0.4 is 15.0 Å². The van der Waals surface area contributed by atoms with E-state index in [0.717, 1.165) is 46.6 Å². The van der Waals surface area contributed by atoms with E-state index in [-0.39, 0.29) is 5.91 Å². The average Bonchev–Trinajstić information content (AvgIpc) is 3.12. The number of nitrogens with one attached hydrogen (secondary N) is 2. The molecule has 1 aromatic heterocycles. The highest BCUT2D eigenvalue weighted by Crippen LogP contribution is 2.48. The maximum atomic E-state index is 13.4. The van der Waals surface area contributed by atoms with Gasteiger partial charge in [0.25, 0.3) is 5.91 Å². The number of nitrogens with zero attached hydrogens (tertiary/aromatic N) is 1. The van der Waals surface area contributed by atoms with Crippen LogP contribution in [-0.2, 0) is 16.8 Å². The maximum absolute atomic E-state index is 13.4. The number of halogens is 1. The Labute approximate surface area is 155 Å². The molecule has 0 saturated carbocycles. The van der Waals surface area contributed by atoms with E-state index in [9.17, 15) is 4.79 Å². The van der Waals surface area contributed by atoms with E-state index in [1.807, 2.05) is 37.4 Å². The first-order valence-corrected chi connectivity index (χ1v) is 8.96. The second-order valence-corrected chi connectivity index (χ2v) is 7.28. The van der Waals surface area contributed by atoms with E-state index >= 15 is 0 Å². The fourth-order valence-corrected chi connectivity index (χ4v) is 4.57. The van der Waals surface area contributed by atoms with Crippen LogP contribution in [0.5, 0.6) is 5.75 Å². The third-order valence-corrected chi connectivity index (χ3v) is 5.84. The number of carbonyl (C=O) groups is 1. The number of aromatic amines is 1. The number of fused-ring (bicyclic) bond motifs is 6. The van der Waals surface area contributed by atoms with E-state index in [1.54, 1.807) is 12.0 Å². The molecule has 6 heteroatoms. The molecule has 0 saturated heterocycles. The molecule has 26 heavy (non-hydrogen) atoms. The number of likely N-dealkylation sites (N-methyl/N-ethyl adjacent to an activating group) is 1. The second-order valence-electron chi connectivity index (χ2n) is 6.84. The fourth-order valence-electron chi connectivity index (χ4n) is 4.39. The minimum absolute atomic E-state index is 0.00855. The minimum atomic E-state index is -0.922. The number of carbonyl (C=O) groups excluding carboxylic acids is 1. The zero-order chi connectivity index (χ0) is 18.1. The quantitative estimate of drug-likeness (QED) is 0.694. The first kappa shape index (κ1) is 15.7. The summed E-state index contributed by atoms with van der Waals surface area (Å²) in [4.78, 5) is 18.6. The highest BCUT2D eigenvalue weighted by Gasteiger charge is 2.54. The van der Waals surface area contributed by atoms with Gasteiger partial charge in [-0.25, -0.2) is 0 Å². The van der Waals surface area contributed by atoms with Crippen molar-refractivity contribution in [1.82, 2.24) is 10.3 Å². The summed E-state index contributed by atoms with van der Waals surface area (Å²) >= 11 is 6.28. The Morgan fingerprint density at radius 2 is 2.08 bits per heavy atom. The molecule has 1 atom stereocenters. The Kier molecular flexibility index (Phi) is 3.18. The van der Waals surface area contributed by atoms with Crippen molar-refractivity contribution in [3.8, 4) is 5.75 Å². The van der Waals surface area contributed by atoms with Crippen molar-refractivity contribution in [3.63, 3.8) is 0 Å². The van der Waals surface area contributed by atoms with Crippen molar-refractivity contribution < 1.29 is 9.53 Å². The summed E-state index contributed by atoms with van der Waals surface area (Å²) in [6.45, 7) is 0.720. The van der Waals surface area contributed by atoms with Crippen LogP contribution in [0, 0.1) is 0 Å². The van der Waals surface area contributed by atoms with Crippen molar-refractivity contribution in [1.29, 1.82) is 0 Å². The van der Waals surface area contributed by atoms with Gasteiger partial charge in [-0.1, -0.05) is 11.6 Å². The summed E-state index contributed by atoms with van der Waals surface area (Å²) in [6.07, 6.45) is 0.857. The summed E-state index contributed by atoms with van der Waals surface area (Å²) in [6, 6.07) is 11.6. The lowest BCUT2D eigenvalue weighted by Crippen LogP contribution is -2.54. The number of ether oxygens (including phenoxy) is 1. The largest absolute Gasteiger partial charge is 0.497 e. The molecule has 2 N–H and O–H groups in total. The molecular weight excluding hydrogens is 350 g/mol. The zero-order valence-electron chi connectivity index (χ0n) is 14.5. The number of methoxy groups -OCH3 is 1. The van der Waals surface area contributed by atoms with Gasteiger partial charge >= 0.3 is 0 Å². The molecular formula is C20H18ClN3O2. The van der Waals surface area contributed by atoms with Crippen molar-refractivity contribution >= 4 is 34.1 Å². The summed E-state index contributed by atoms with van der Waals surface area (Å²) in [5.74, 6) is 0.797. The van der Waals surface area contributed by atoms with Gasteiger partial charge in [-0.15, -0.1) is 0 Å². The van der Waals surface area contributed by atoms with E-state index in [0.29, 0.717) is 5.02 Å². The molecule has 0 bridgehead atoms. The van der Waals surface area contributed by atoms with Crippen LogP contribution in [0.2, 0.25) is 5.02 Å². The van der Waals surface area contributed by atoms with Crippen LogP contribution in [-0.4, -0.2) is 31.6 Å². The standard InChI is InChI=1S/C20H18ClN3O2/c1-24-17-6-3-11(21)9-15(17)20(19(24)25)18-14(7-8-22-20)13-5-4-12(26-2)10-16(13)23-18/h3-6,9-10,22-23H,7-8H2,1-2H3/t20-/m0/s1. The molecule has 5 rings (SSSR count). The number of anilines is 1. The predicted molar refractivity (Wildman–Crippen MR) is 102 cm³/mol. The Morgan fingerprint density at radius 1 is 1.23 bits per heavy atom. The molecule has 1 amide bonds. The van der Waals surface area contributed by atoms with Gasteiger partial charge in [-0.3, -0.25) is 10.1 Å². The first-order valence-electron chi connectivity index (χ1n) is 8.58. The molecule has 1 spiro atoms. The Hall–Kier alpha value is -2.50. The summed E-state index contributed by atoms with van der Waals surface area (Å²) in [5, 5.41) is 5.25. The van der Waals surface area contributed by atoms with Crippen LogP contribution in [0.25, 0.3) is 10.9 Å². The third-order valence-electron chi connectivity index (χ3n) is 5.60. The molecule has 5 nitrogen and oxygen atoms in total. The van der Waals surface area contributed by atoms with Gasteiger partial charge in [0, 0.05) is 46.8 Å². The Morgan fingerprint density at radius 3 is 2.88 bits per heavy atom. The lowest BCUT2D eigenvalue weighted by atomic mass is 9.82. The lowest BCUT2D eigenvalue weighted by Gasteiger charge is -2.34. The number of H-pyrrole nitrogens is 1. The topological polar surface area (TPSA) is 57.4 Å². The van der Waals surface area contributed by atoms with Gasteiger partial charge in [-0.2, -0.15) is 0 Å². The van der Waals surface area contributed by atoms with Crippen molar-refractivity contribution in [2.45, 2.75) is 12.0 Å². The first-order chi connectivity index (χ1) is 12.6. The number of rotatable bonds is 1. The van der Waals surface area contributed by atoms with Crippen LogP contribution in [0.1, 0.15) is 16.8 Å². The van der Waals surface area contributed by atoms with Crippen molar-refractivity contribution in [3.05, 3.63) is 58.2 Å². The molecule has 0 fully saturated rings. The SMILES string of the molecule is COc1ccc2c3c([nH]c2c1)[C@]1(NCC3)C(=O)N(C)c2ccc(Cl)cc21. The van der Waals surface area contributed by atoms with Crippen LogP contribution in [0.15, 0.2) is 36.4 Å². The number of benzene rings is 2. The molecule has 2 aromatic carbocycles. The van der Waals surface area contributed by atoms with Gasteiger partial charge in [-0.05, 0) is 42.3 Å². The molecule has 2 aliphatic heterocycles. The van der Waals surface area contributed by atoms with E-state index in [2.05, 4.69) is 16.4 Å². The molecule has 3 aromatic rings. The number of hydrogen-bond donors (Lipinski definition) is 2. The third kappa shape index (κ3) is 1.82. The molecule has 0 aliphatic carbocycles. The van der Waals surface area contributed by atoms with Gasteiger partial charge in [0.15, 0.2) is 5.54 Å². The van der Waals surface area contributed by atoms with Crippen molar-refractivity contribution in [2.75, 3.05) is 25.6 Å². The van der Waals surface area contributed by atoms with Crippen LogP contribution >= 0.6 is 11.6 Å². The Balaban J connectivity index is 1.83. The molecule has 2 aliphatic rings. The smallest absolute Gasteiger partial charge is 0.257 e. The van der Waals surface area contributed by atoms with Gasteiger partial charge in [0.05, 0.1) is 12.8 Å². The highest BCUT2D eigenvalue weighted by atomic mass is 35.5. The van der Waals surface area contributed by atoms with Gasteiger partial charge < -0.3 is 14.6 Å². The van der Waals surface area contributed by atoms with Crippen LogP contribution in [0.4, 0.5) is 5.69 Å². The Bertz CT molecular complexity index is 1070. The lowest BCUT2D eigenvalue weighted by molar-refractivity contribution is -0.122. The van der Waals surface area contributed by atoms with E-state index in [1.165, 1.54) is 5.56 Å². The van der Waals surface area contributed by atoms with E-state index in [4.69, 9.17) is 16.3 Å².